The molecule has 0 heterocycles. The van der Waals surface area contributed by atoms with Gasteiger partial charge < -0.3 is 10.1 Å². The molecular formula is C14H26FNO2. The Morgan fingerprint density at radius 3 is 2.61 bits per heavy atom. The molecule has 18 heavy (non-hydrogen) atoms. The van der Waals surface area contributed by atoms with E-state index in [1.165, 1.54) is 6.42 Å². The normalized spacial score (nSPS) is 30.8. The molecular weight excluding hydrogens is 233 g/mol. The molecule has 2 atom stereocenters. The Bertz CT molecular complexity index is 294. The number of rotatable bonds is 4. The summed E-state index contributed by atoms with van der Waals surface area (Å²) >= 11 is 0. The van der Waals surface area contributed by atoms with E-state index in [1.807, 2.05) is 0 Å². The van der Waals surface area contributed by atoms with Gasteiger partial charge in [-0.2, -0.15) is 0 Å². The maximum atomic E-state index is 11.9. The average molecular weight is 259 g/mol. The standard InChI is InChI=1S/C14H26FNO2/c1-11-7-13(2,3)9-14(4,8-11)10-16-12(17)18-6-5-15/h11H,5-10H2,1-4H3,(H,16,17). The second-order valence-electron chi connectivity index (χ2n) is 6.84. The summed E-state index contributed by atoms with van der Waals surface area (Å²) in [6.45, 7) is 8.84. The first-order valence-corrected chi connectivity index (χ1v) is 6.73. The molecule has 1 amide bonds. The molecule has 0 aromatic rings. The lowest BCUT2D eigenvalue weighted by atomic mass is 9.61. The molecule has 0 aliphatic heterocycles. The third kappa shape index (κ3) is 4.83. The molecule has 0 bridgehead atoms. The summed E-state index contributed by atoms with van der Waals surface area (Å²) < 4.78 is 16.6. The van der Waals surface area contributed by atoms with Crippen LogP contribution in [-0.2, 0) is 4.74 Å². The van der Waals surface area contributed by atoms with Crippen molar-refractivity contribution in [3.8, 4) is 0 Å². The Morgan fingerprint density at radius 1 is 1.39 bits per heavy atom. The third-order valence-electron chi connectivity index (χ3n) is 3.62. The van der Waals surface area contributed by atoms with Gasteiger partial charge in [0, 0.05) is 6.54 Å². The van der Waals surface area contributed by atoms with E-state index in [0.29, 0.717) is 17.9 Å². The van der Waals surface area contributed by atoms with E-state index in [4.69, 9.17) is 0 Å². The third-order valence-corrected chi connectivity index (χ3v) is 3.62. The van der Waals surface area contributed by atoms with Gasteiger partial charge in [0.05, 0.1) is 0 Å². The molecule has 1 rings (SSSR count). The number of ether oxygens (including phenoxy) is 1. The molecule has 0 spiro atoms. The molecule has 106 valence electrons. The Labute approximate surface area is 109 Å². The lowest BCUT2D eigenvalue weighted by molar-refractivity contribution is 0.0577. The van der Waals surface area contributed by atoms with Crippen LogP contribution in [0.25, 0.3) is 0 Å². The number of alkyl carbamates (subject to hydrolysis) is 1. The molecule has 4 heteroatoms. The molecule has 0 radical (unpaired) electrons. The van der Waals surface area contributed by atoms with Gasteiger partial charge in [-0.15, -0.1) is 0 Å². The van der Waals surface area contributed by atoms with Gasteiger partial charge in [-0.3, -0.25) is 0 Å². The summed E-state index contributed by atoms with van der Waals surface area (Å²) in [6, 6.07) is 0. The van der Waals surface area contributed by atoms with Crippen molar-refractivity contribution < 1.29 is 13.9 Å². The summed E-state index contributed by atoms with van der Waals surface area (Å²) in [5, 5.41) is 2.76. The van der Waals surface area contributed by atoms with Crippen molar-refractivity contribution in [2.24, 2.45) is 16.7 Å². The Kier molecular flexibility index (Phi) is 5.00. The predicted molar refractivity (Wildman–Crippen MR) is 70.2 cm³/mol. The van der Waals surface area contributed by atoms with Crippen LogP contribution in [0.4, 0.5) is 9.18 Å². The second-order valence-corrected chi connectivity index (χ2v) is 6.84. The summed E-state index contributed by atoms with van der Waals surface area (Å²) in [7, 11) is 0. The molecule has 3 nitrogen and oxygen atoms in total. The highest BCUT2D eigenvalue weighted by atomic mass is 19.1. The van der Waals surface area contributed by atoms with Gasteiger partial charge in [0.25, 0.3) is 0 Å². The van der Waals surface area contributed by atoms with Gasteiger partial charge >= 0.3 is 6.09 Å². The summed E-state index contributed by atoms with van der Waals surface area (Å²) in [4.78, 5) is 11.3. The van der Waals surface area contributed by atoms with Crippen molar-refractivity contribution in [3.63, 3.8) is 0 Å². The topological polar surface area (TPSA) is 38.3 Å². The highest BCUT2D eigenvalue weighted by molar-refractivity contribution is 5.67. The van der Waals surface area contributed by atoms with E-state index in [-0.39, 0.29) is 12.0 Å². The van der Waals surface area contributed by atoms with Crippen molar-refractivity contribution >= 4 is 6.09 Å². The fourth-order valence-electron chi connectivity index (χ4n) is 3.76. The number of hydrogen-bond donors (Lipinski definition) is 1. The summed E-state index contributed by atoms with van der Waals surface area (Å²) in [6.07, 6.45) is 2.92. The van der Waals surface area contributed by atoms with Crippen LogP contribution >= 0.6 is 0 Å². The zero-order valence-electron chi connectivity index (χ0n) is 12.0. The maximum absolute atomic E-state index is 11.9. The Balaban J connectivity index is 2.46. The van der Waals surface area contributed by atoms with Crippen molar-refractivity contribution in [2.75, 3.05) is 19.8 Å². The smallest absolute Gasteiger partial charge is 0.407 e. The zero-order valence-corrected chi connectivity index (χ0v) is 12.0. The monoisotopic (exact) mass is 259 g/mol. The number of halogens is 1. The van der Waals surface area contributed by atoms with Crippen LogP contribution < -0.4 is 5.32 Å². The van der Waals surface area contributed by atoms with Crippen molar-refractivity contribution in [2.45, 2.75) is 47.0 Å². The van der Waals surface area contributed by atoms with Crippen molar-refractivity contribution in [1.29, 1.82) is 0 Å². The number of carbonyl (C=O) groups excluding carboxylic acids is 1. The van der Waals surface area contributed by atoms with Crippen LogP contribution in [0.1, 0.15) is 47.0 Å². The molecule has 0 saturated heterocycles. The average Bonchev–Trinajstić information content (AvgIpc) is 2.20. The maximum Gasteiger partial charge on any atom is 0.407 e. The number of alkyl halides is 1. The van der Waals surface area contributed by atoms with E-state index in [9.17, 15) is 9.18 Å². The van der Waals surface area contributed by atoms with E-state index in [1.54, 1.807) is 0 Å². The minimum atomic E-state index is -0.630. The predicted octanol–water partition coefficient (Wildman–Crippen LogP) is 3.53. The van der Waals surface area contributed by atoms with Gasteiger partial charge in [0.1, 0.15) is 13.3 Å². The van der Waals surface area contributed by atoms with Crippen LogP contribution in [0.2, 0.25) is 0 Å². The van der Waals surface area contributed by atoms with Crippen molar-refractivity contribution in [1.82, 2.24) is 5.32 Å². The first-order chi connectivity index (χ1) is 8.26. The molecule has 0 aromatic carbocycles. The van der Waals surface area contributed by atoms with E-state index < -0.39 is 12.8 Å². The summed E-state index contributed by atoms with van der Waals surface area (Å²) in [5.74, 6) is 0.669. The SMILES string of the molecule is CC1CC(C)(C)CC(C)(CNC(=O)OCCF)C1. The second kappa shape index (κ2) is 5.89. The van der Waals surface area contributed by atoms with Crippen LogP contribution in [0.5, 0.6) is 0 Å². The number of hydrogen-bond acceptors (Lipinski definition) is 2. The fraction of sp³-hybridized carbons (Fsp3) is 0.929. The minimum Gasteiger partial charge on any atom is -0.447 e. The lowest BCUT2D eigenvalue weighted by Crippen LogP contribution is -2.43. The molecule has 1 N–H and O–H groups in total. The molecule has 1 fully saturated rings. The van der Waals surface area contributed by atoms with E-state index in [2.05, 4.69) is 37.7 Å². The van der Waals surface area contributed by atoms with Gasteiger partial charge in [0.15, 0.2) is 0 Å². The van der Waals surface area contributed by atoms with Gasteiger partial charge in [-0.25, -0.2) is 9.18 Å². The van der Waals surface area contributed by atoms with E-state index >= 15 is 0 Å². The van der Waals surface area contributed by atoms with Crippen LogP contribution in [0.15, 0.2) is 0 Å². The molecule has 1 aliphatic rings. The minimum absolute atomic E-state index is 0.107. The Hall–Kier alpha value is -0.800. The quantitative estimate of drug-likeness (QED) is 0.838. The largest absolute Gasteiger partial charge is 0.447 e. The molecule has 2 unspecified atom stereocenters. The fourth-order valence-corrected chi connectivity index (χ4v) is 3.76. The van der Waals surface area contributed by atoms with Crippen LogP contribution in [-0.4, -0.2) is 25.9 Å². The van der Waals surface area contributed by atoms with Crippen LogP contribution in [0, 0.1) is 16.7 Å². The first kappa shape index (κ1) is 15.3. The van der Waals surface area contributed by atoms with Gasteiger partial charge in [0.2, 0.25) is 0 Å². The molecule has 1 aliphatic carbocycles. The number of amides is 1. The molecule has 1 saturated carbocycles. The van der Waals surface area contributed by atoms with Crippen LogP contribution in [0.3, 0.4) is 0 Å². The summed E-state index contributed by atoms with van der Waals surface area (Å²) in [5.41, 5.74) is 0.423. The Morgan fingerprint density at radius 2 is 2.06 bits per heavy atom. The number of nitrogens with one attached hydrogen (secondary N) is 1. The highest BCUT2D eigenvalue weighted by Crippen LogP contribution is 2.48. The number of carbonyl (C=O) groups is 1. The lowest BCUT2D eigenvalue weighted by Gasteiger charge is -2.45. The van der Waals surface area contributed by atoms with E-state index in [0.717, 1.165) is 12.8 Å². The van der Waals surface area contributed by atoms with Gasteiger partial charge in [-0.05, 0) is 36.0 Å². The first-order valence-electron chi connectivity index (χ1n) is 6.73. The van der Waals surface area contributed by atoms with Crippen molar-refractivity contribution in [3.05, 3.63) is 0 Å². The molecule has 0 aromatic heterocycles. The van der Waals surface area contributed by atoms with Gasteiger partial charge in [-0.1, -0.05) is 27.7 Å². The zero-order chi connectivity index (χ0) is 13.8. The highest BCUT2D eigenvalue weighted by Gasteiger charge is 2.39.